The van der Waals surface area contributed by atoms with Gasteiger partial charge in [-0.1, -0.05) is 91.0 Å². The van der Waals surface area contributed by atoms with Crippen molar-refractivity contribution < 1.29 is 52.4 Å². The largest absolute Gasteiger partial charge is 0.459 e. The van der Waals surface area contributed by atoms with Gasteiger partial charge in [0.15, 0.2) is 12.2 Å². The Labute approximate surface area is 298 Å². The molecule has 0 N–H and O–H groups in total. The van der Waals surface area contributed by atoms with Gasteiger partial charge in [0.05, 0.1) is 27.8 Å². The third-order valence-electron chi connectivity index (χ3n) is 7.97. The lowest BCUT2D eigenvalue weighted by Gasteiger charge is -2.43. The van der Waals surface area contributed by atoms with Crippen LogP contribution in [0.4, 0.5) is 0 Å². The van der Waals surface area contributed by atoms with Gasteiger partial charge in [-0.3, -0.25) is 0 Å². The van der Waals surface area contributed by atoms with Crippen LogP contribution >= 0.6 is 0 Å². The molecule has 0 unspecified atom stereocenters. The van der Waals surface area contributed by atoms with E-state index in [4.69, 9.17) is 28.4 Å². The molecule has 5 aromatic carbocycles. The highest BCUT2D eigenvalue weighted by molar-refractivity contribution is 5.92. The zero-order valence-corrected chi connectivity index (χ0v) is 27.5. The molecule has 0 aromatic heterocycles. The third kappa shape index (κ3) is 8.76. The summed E-state index contributed by atoms with van der Waals surface area (Å²) in [6.45, 7) is -0.557. The number of esters is 5. The first-order valence-corrected chi connectivity index (χ1v) is 16.3. The van der Waals surface area contributed by atoms with E-state index in [0.717, 1.165) is 0 Å². The predicted octanol–water partition coefficient (Wildman–Crippen LogP) is 6.10. The Balaban J connectivity index is 1.41. The molecule has 5 atom stereocenters. The average molecular weight is 701 g/mol. The number of ether oxygens (including phenoxy) is 6. The highest BCUT2D eigenvalue weighted by Gasteiger charge is 2.54. The molecule has 0 radical (unpaired) electrons. The van der Waals surface area contributed by atoms with Crippen molar-refractivity contribution in [3.8, 4) is 0 Å². The van der Waals surface area contributed by atoms with Crippen molar-refractivity contribution in [2.24, 2.45) is 0 Å². The van der Waals surface area contributed by atoms with Gasteiger partial charge in [0, 0.05) is 0 Å². The number of carbonyl (C=O) groups is 5. The van der Waals surface area contributed by atoms with E-state index in [1.54, 1.807) is 103 Å². The van der Waals surface area contributed by atoms with Gasteiger partial charge in [-0.05, 0) is 60.7 Å². The highest BCUT2D eigenvalue weighted by atomic mass is 16.7. The first kappa shape index (κ1) is 35.2. The van der Waals surface area contributed by atoms with Crippen LogP contribution in [0.1, 0.15) is 51.8 Å². The number of hydrogen-bond acceptors (Lipinski definition) is 11. The summed E-state index contributed by atoms with van der Waals surface area (Å²) >= 11 is 0. The molecule has 1 heterocycles. The van der Waals surface area contributed by atoms with Crippen LogP contribution in [0.25, 0.3) is 0 Å². The molecule has 1 saturated heterocycles. The van der Waals surface area contributed by atoms with Crippen LogP contribution in [0, 0.1) is 0 Å². The molecular weight excluding hydrogens is 668 g/mol. The minimum Gasteiger partial charge on any atom is -0.459 e. The summed E-state index contributed by atoms with van der Waals surface area (Å²) in [6.07, 6.45) is -8.07. The minimum absolute atomic E-state index is 0.125. The lowest BCUT2D eigenvalue weighted by molar-refractivity contribution is -0.282. The van der Waals surface area contributed by atoms with Crippen molar-refractivity contribution in [2.45, 2.75) is 30.7 Å². The lowest BCUT2D eigenvalue weighted by atomic mass is 9.97. The highest BCUT2D eigenvalue weighted by Crippen LogP contribution is 2.32. The summed E-state index contributed by atoms with van der Waals surface area (Å²) in [7, 11) is 0. The lowest BCUT2D eigenvalue weighted by Crippen LogP contribution is -2.63. The second-order valence-electron chi connectivity index (χ2n) is 11.5. The molecule has 262 valence electrons. The molecular formula is C41H32O11. The average Bonchev–Trinajstić information content (AvgIpc) is 3.20. The van der Waals surface area contributed by atoms with Gasteiger partial charge >= 0.3 is 29.8 Å². The van der Waals surface area contributed by atoms with E-state index in [1.165, 1.54) is 48.5 Å². The van der Waals surface area contributed by atoms with Gasteiger partial charge in [0.2, 0.25) is 12.4 Å². The number of rotatable bonds is 11. The quantitative estimate of drug-likeness (QED) is 0.117. The Morgan fingerprint density at radius 3 is 1.08 bits per heavy atom. The molecule has 0 spiro atoms. The molecule has 1 aliphatic rings. The first-order valence-electron chi connectivity index (χ1n) is 16.3. The molecule has 0 bridgehead atoms. The smallest absolute Gasteiger partial charge is 0.340 e. The molecule has 52 heavy (non-hydrogen) atoms. The Morgan fingerprint density at radius 2 is 0.692 bits per heavy atom. The standard InChI is InChI=1S/C41H32O11/c42-36(27-16-6-1-7-17-27)47-26-32-33(49-37(43)28-18-8-2-9-19-28)34(50-38(44)29-20-10-3-11-21-29)35(51-39(45)30-22-12-4-13-23-30)41(48-32)52-40(46)31-24-14-5-15-25-31/h1-25,32-35,41H,26H2/t32-,33+,34+,35-,41+/m1/s1. The summed E-state index contributed by atoms with van der Waals surface area (Å²) in [4.78, 5) is 67.4. The topological polar surface area (TPSA) is 141 Å². The van der Waals surface area contributed by atoms with Gasteiger partial charge in [-0.25, -0.2) is 24.0 Å². The predicted molar refractivity (Wildman–Crippen MR) is 184 cm³/mol. The molecule has 0 saturated carbocycles. The Hall–Kier alpha value is -6.59. The Morgan fingerprint density at radius 1 is 0.385 bits per heavy atom. The maximum atomic E-state index is 13.7. The van der Waals surface area contributed by atoms with Gasteiger partial charge in [-0.2, -0.15) is 0 Å². The van der Waals surface area contributed by atoms with Crippen molar-refractivity contribution in [3.63, 3.8) is 0 Å². The SMILES string of the molecule is O=C(OC[C@H]1O[C@@H](OC(=O)c2ccccc2)[C@H](OC(=O)c2ccccc2)[C@@H](OC(=O)c2ccccc2)[C@H]1OC(=O)c1ccccc1)c1ccccc1. The molecule has 11 nitrogen and oxygen atoms in total. The summed E-state index contributed by atoms with van der Waals surface area (Å²) in [5.74, 6) is -4.19. The molecule has 0 aliphatic carbocycles. The van der Waals surface area contributed by atoms with E-state index in [9.17, 15) is 24.0 Å². The van der Waals surface area contributed by atoms with E-state index in [2.05, 4.69) is 0 Å². The van der Waals surface area contributed by atoms with Gasteiger partial charge in [-0.15, -0.1) is 0 Å². The van der Waals surface area contributed by atoms with E-state index in [1.807, 2.05) is 0 Å². The van der Waals surface area contributed by atoms with Gasteiger partial charge in [0.25, 0.3) is 0 Å². The van der Waals surface area contributed by atoms with Crippen LogP contribution in [0.15, 0.2) is 152 Å². The van der Waals surface area contributed by atoms with Crippen molar-refractivity contribution in [1.29, 1.82) is 0 Å². The molecule has 5 aromatic rings. The second kappa shape index (κ2) is 16.9. The third-order valence-corrected chi connectivity index (χ3v) is 7.97. The molecule has 6 rings (SSSR count). The minimum atomic E-state index is -1.75. The van der Waals surface area contributed by atoms with Crippen LogP contribution in [0.5, 0.6) is 0 Å². The monoisotopic (exact) mass is 700 g/mol. The van der Waals surface area contributed by atoms with Crippen LogP contribution < -0.4 is 0 Å². The van der Waals surface area contributed by atoms with E-state index in [-0.39, 0.29) is 27.8 Å². The van der Waals surface area contributed by atoms with Crippen molar-refractivity contribution >= 4 is 29.8 Å². The second-order valence-corrected chi connectivity index (χ2v) is 11.5. The number of hydrogen-bond donors (Lipinski definition) is 0. The van der Waals surface area contributed by atoms with Crippen LogP contribution in [0.2, 0.25) is 0 Å². The molecule has 1 aliphatic heterocycles. The van der Waals surface area contributed by atoms with Crippen molar-refractivity contribution in [2.75, 3.05) is 6.61 Å². The summed E-state index contributed by atoms with van der Waals surface area (Å²) in [6, 6.07) is 40.0. The maximum absolute atomic E-state index is 13.7. The molecule has 11 heteroatoms. The zero-order chi connectivity index (χ0) is 36.3. The Kier molecular flexibility index (Phi) is 11.4. The Bertz CT molecular complexity index is 1970. The van der Waals surface area contributed by atoms with Crippen molar-refractivity contribution in [1.82, 2.24) is 0 Å². The van der Waals surface area contributed by atoms with Crippen molar-refractivity contribution in [3.05, 3.63) is 179 Å². The fraction of sp³-hybridized carbons (Fsp3) is 0.146. The first-order chi connectivity index (χ1) is 25.4. The van der Waals surface area contributed by atoms with Gasteiger partial charge in [0.1, 0.15) is 12.7 Å². The van der Waals surface area contributed by atoms with E-state index in [0.29, 0.717) is 0 Å². The van der Waals surface area contributed by atoms with Crippen LogP contribution in [-0.2, 0) is 28.4 Å². The number of carbonyl (C=O) groups excluding carboxylic acids is 5. The maximum Gasteiger partial charge on any atom is 0.340 e. The normalized spacial score (nSPS) is 19.3. The molecule has 0 amide bonds. The van der Waals surface area contributed by atoms with Crippen LogP contribution in [0.3, 0.4) is 0 Å². The zero-order valence-electron chi connectivity index (χ0n) is 27.5. The fourth-order valence-corrected chi connectivity index (χ4v) is 5.37. The molecule has 1 fully saturated rings. The number of benzene rings is 5. The van der Waals surface area contributed by atoms with Gasteiger partial charge < -0.3 is 28.4 Å². The van der Waals surface area contributed by atoms with Crippen LogP contribution in [-0.4, -0.2) is 67.2 Å². The van der Waals surface area contributed by atoms with E-state index < -0.39 is 67.2 Å². The summed E-state index contributed by atoms with van der Waals surface area (Å²) < 4.78 is 35.5. The fourth-order valence-electron chi connectivity index (χ4n) is 5.37. The summed E-state index contributed by atoms with van der Waals surface area (Å²) in [5, 5.41) is 0. The van der Waals surface area contributed by atoms with E-state index >= 15 is 0 Å². The summed E-state index contributed by atoms with van der Waals surface area (Å²) in [5.41, 5.74) is 0.762.